The van der Waals surface area contributed by atoms with Crippen LogP contribution < -0.4 is 4.90 Å². The number of hydrogen-bond acceptors (Lipinski definition) is 3. The van der Waals surface area contributed by atoms with E-state index in [1.54, 1.807) is 6.33 Å². The van der Waals surface area contributed by atoms with Crippen LogP contribution in [0.4, 0.5) is 5.82 Å². The minimum absolute atomic E-state index is 0.604. The molecule has 4 heteroatoms. The molecule has 1 unspecified atom stereocenters. The van der Waals surface area contributed by atoms with Gasteiger partial charge in [0.1, 0.15) is 17.3 Å². The van der Waals surface area contributed by atoms with Gasteiger partial charge in [0, 0.05) is 18.7 Å². The van der Waals surface area contributed by atoms with Crippen LogP contribution in [0.5, 0.6) is 0 Å². The monoisotopic (exact) mass is 239 g/mol. The summed E-state index contributed by atoms with van der Waals surface area (Å²) in [6.07, 6.45) is 4.97. The van der Waals surface area contributed by atoms with Crippen LogP contribution in [0.15, 0.2) is 6.33 Å². The highest BCUT2D eigenvalue weighted by atomic mass is 35.5. The lowest BCUT2D eigenvalue weighted by atomic mass is 10.1. The SMILES string of the molecule is CCc1c(Cl)ncnc1N1CCC(CC)C1. The van der Waals surface area contributed by atoms with Crippen molar-refractivity contribution >= 4 is 17.4 Å². The van der Waals surface area contributed by atoms with Crippen LogP contribution in [0.25, 0.3) is 0 Å². The first kappa shape index (κ1) is 11.6. The van der Waals surface area contributed by atoms with Gasteiger partial charge in [0.2, 0.25) is 0 Å². The van der Waals surface area contributed by atoms with E-state index in [1.165, 1.54) is 12.8 Å². The van der Waals surface area contributed by atoms with Crippen LogP contribution in [0.2, 0.25) is 5.15 Å². The molecule has 1 aliphatic rings. The van der Waals surface area contributed by atoms with Crippen molar-refractivity contribution in [3.8, 4) is 0 Å². The first-order valence-corrected chi connectivity index (χ1v) is 6.38. The molecule has 88 valence electrons. The maximum absolute atomic E-state index is 6.10. The molecule has 2 heterocycles. The molecule has 0 saturated carbocycles. The number of nitrogens with zero attached hydrogens (tertiary/aromatic N) is 3. The minimum Gasteiger partial charge on any atom is -0.356 e. The summed E-state index contributed by atoms with van der Waals surface area (Å²) in [6, 6.07) is 0. The molecule has 1 aliphatic heterocycles. The lowest BCUT2D eigenvalue weighted by Gasteiger charge is -2.20. The van der Waals surface area contributed by atoms with Gasteiger partial charge < -0.3 is 4.90 Å². The van der Waals surface area contributed by atoms with Gasteiger partial charge in [0.15, 0.2) is 0 Å². The third kappa shape index (κ3) is 2.14. The van der Waals surface area contributed by atoms with Crippen LogP contribution >= 0.6 is 11.6 Å². The van der Waals surface area contributed by atoms with Crippen molar-refractivity contribution in [3.63, 3.8) is 0 Å². The highest BCUT2D eigenvalue weighted by Crippen LogP contribution is 2.29. The molecule has 1 saturated heterocycles. The van der Waals surface area contributed by atoms with E-state index in [9.17, 15) is 0 Å². The summed E-state index contributed by atoms with van der Waals surface area (Å²) in [5.41, 5.74) is 1.08. The highest BCUT2D eigenvalue weighted by molar-refractivity contribution is 6.30. The summed E-state index contributed by atoms with van der Waals surface area (Å²) < 4.78 is 0. The number of rotatable bonds is 3. The van der Waals surface area contributed by atoms with Crippen LogP contribution in [-0.2, 0) is 6.42 Å². The van der Waals surface area contributed by atoms with Gasteiger partial charge in [0.05, 0.1) is 0 Å². The first-order valence-electron chi connectivity index (χ1n) is 6.00. The Labute approximate surface area is 102 Å². The molecule has 0 N–H and O–H groups in total. The van der Waals surface area contributed by atoms with Crippen LogP contribution in [0, 0.1) is 5.92 Å². The predicted octanol–water partition coefficient (Wildman–Crippen LogP) is 2.93. The summed E-state index contributed by atoms with van der Waals surface area (Å²) in [4.78, 5) is 10.8. The Morgan fingerprint density at radius 2 is 2.25 bits per heavy atom. The quantitative estimate of drug-likeness (QED) is 0.760. The number of aromatic nitrogens is 2. The van der Waals surface area contributed by atoms with Crippen LogP contribution in [0.1, 0.15) is 32.3 Å². The van der Waals surface area contributed by atoms with Crippen molar-refractivity contribution in [3.05, 3.63) is 17.0 Å². The number of halogens is 1. The van der Waals surface area contributed by atoms with E-state index in [0.717, 1.165) is 36.8 Å². The lowest BCUT2D eigenvalue weighted by Crippen LogP contribution is -2.22. The second-order valence-electron chi connectivity index (χ2n) is 4.33. The fourth-order valence-electron chi connectivity index (χ4n) is 2.32. The molecular weight excluding hydrogens is 222 g/mol. The van der Waals surface area contributed by atoms with E-state index in [0.29, 0.717) is 5.15 Å². The molecule has 0 amide bonds. The molecule has 2 rings (SSSR count). The van der Waals surface area contributed by atoms with Crippen LogP contribution in [0.3, 0.4) is 0 Å². The zero-order chi connectivity index (χ0) is 11.5. The topological polar surface area (TPSA) is 29.0 Å². The molecule has 1 fully saturated rings. The summed E-state index contributed by atoms with van der Waals surface area (Å²) >= 11 is 6.10. The molecule has 0 spiro atoms. The maximum atomic E-state index is 6.10. The van der Waals surface area contributed by atoms with E-state index in [2.05, 4.69) is 28.7 Å². The molecule has 0 bridgehead atoms. The second-order valence-corrected chi connectivity index (χ2v) is 4.69. The van der Waals surface area contributed by atoms with Crippen molar-refractivity contribution in [2.45, 2.75) is 33.1 Å². The van der Waals surface area contributed by atoms with E-state index in [4.69, 9.17) is 11.6 Å². The lowest BCUT2D eigenvalue weighted by molar-refractivity contribution is 0.568. The average Bonchev–Trinajstić information content (AvgIpc) is 2.77. The summed E-state index contributed by atoms with van der Waals surface area (Å²) in [7, 11) is 0. The molecule has 0 radical (unpaired) electrons. The third-order valence-electron chi connectivity index (χ3n) is 3.39. The standard InChI is InChI=1S/C12H18ClN3/c1-3-9-5-6-16(7-9)12-10(4-2)11(13)14-8-15-12/h8-9H,3-7H2,1-2H3. The molecule has 3 nitrogen and oxygen atoms in total. The minimum atomic E-state index is 0.604. The van der Waals surface area contributed by atoms with Gasteiger partial charge in [-0.3, -0.25) is 0 Å². The van der Waals surface area contributed by atoms with Crippen molar-refractivity contribution < 1.29 is 0 Å². The van der Waals surface area contributed by atoms with E-state index >= 15 is 0 Å². The molecule has 1 aromatic rings. The maximum Gasteiger partial charge on any atom is 0.137 e. The predicted molar refractivity (Wildman–Crippen MR) is 67.0 cm³/mol. The smallest absolute Gasteiger partial charge is 0.137 e. The average molecular weight is 240 g/mol. The van der Waals surface area contributed by atoms with Crippen molar-refractivity contribution in [2.75, 3.05) is 18.0 Å². The Hall–Kier alpha value is -0.830. The van der Waals surface area contributed by atoms with Gasteiger partial charge in [-0.05, 0) is 18.8 Å². The highest BCUT2D eigenvalue weighted by Gasteiger charge is 2.24. The van der Waals surface area contributed by atoms with Gasteiger partial charge >= 0.3 is 0 Å². The van der Waals surface area contributed by atoms with Crippen molar-refractivity contribution in [2.24, 2.45) is 5.92 Å². The van der Waals surface area contributed by atoms with E-state index < -0.39 is 0 Å². The third-order valence-corrected chi connectivity index (χ3v) is 3.71. The number of hydrogen-bond donors (Lipinski definition) is 0. The van der Waals surface area contributed by atoms with Gasteiger partial charge in [-0.1, -0.05) is 31.9 Å². The fourth-order valence-corrected chi connectivity index (χ4v) is 2.58. The van der Waals surface area contributed by atoms with Crippen molar-refractivity contribution in [1.82, 2.24) is 9.97 Å². The molecule has 1 atom stereocenters. The summed E-state index contributed by atoms with van der Waals surface area (Å²) in [6.45, 7) is 6.55. The Bertz CT molecular complexity index is 367. The summed E-state index contributed by atoms with van der Waals surface area (Å²) in [5, 5.41) is 0.604. The molecule has 0 aliphatic carbocycles. The first-order chi connectivity index (χ1) is 7.76. The zero-order valence-corrected chi connectivity index (χ0v) is 10.7. The largest absolute Gasteiger partial charge is 0.356 e. The number of anilines is 1. The van der Waals surface area contributed by atoms with Crippen molar-refractivity contribution in [1.29, 1.82) is 0 Å². The zero-order valence-electron chi connectivity index (χ0n) is 9.91. The Kier molecular flexibility index (Phi) is 3.64. The van der Waals surface area contributed by atoms with Gasteiger partial charge in [0.25, 0.3) is 0 Å². The van der Waals surface area contributed by atoms with Gasteiger partial charge in [-0.25, -0.2) is 9.97 Å². The second kappa shape index (κ2) is 5.00. The molecule has 0 aromatic carbocycles. The van der Waals surface area contributed by atoms with E-state index in [-0.39, 0.29) is 0 Å². The van der Waals surface area contributed by atoms with E-state index in [1.807, 2.05) is 0 Å². The molecule has 1 aromatic heterocycles. The normalized spacial score (nSPS) is 20.4. The van der Waals surface area contributed by atoms with Crippen LogP contribution in [-0.4, -0.2) is 23.1 Å². The molecular formula is C12H18ClN3. The Morgan fingerprint density at radius 1 is 1.44 bits per heavy atom. The Balaban J connectivity index is 2.24. The Morgan fingerprint density at radius 3 is 2.88 bits per heavy atom. The molecule has 16 heavy (non-hydrogen) atoms. The fraction of sp³-hybridized carbons (Fsp3) is 0.667. The van der Waals surface area contributed by atoms with Gasteiger partial charge in [-0.2, -0.15) is 0 Å². The summed E-state index contributed by atoms with van der Waals surface area (Å²) in [5.74, 6) is 1.84. The van der Waals surface area contributed by atoms with Gasteiger partial charge in [-0.15, -0.1) is 0 Å².